The van der Waals surface area contributed by atoms with Gasteiger partial charge in [-0.25, -0.2) is 4.79 Å². The molecule has 0 spiro atoms. The Morgan fingerprint density at radius 2 is 1.66 bits per heavy atom. The Morgan fingerprint density at radius 1 is 1.00 bits per heavy atom. The summed E-state index contributed by atoms with van der Waals surface area (Å²) in [6.07, 6.45) is 6.16. The molecule has 0 aliphatic heterocycles. The lowest BCUT2D eigenvalue weighted by molar-refractivity contribution is -0.233. The fourth-order valence-electron chi connectivity index (χ4n) is 9.28. The number of nitrogens with two attached hydrogens (primary N) is 2. The van der Waals surface area contributed by atoms with Gasteiger partial charge in [-0.05, 0) is 85.7 Å². The van der Waals surface area contributed by atoms with Crippen molar-refractivity contribution in [2.45, 2.75) is 104 Å². The van der Waals surface area contributed by atoms with Crippen LogP contribution in [0.2, 0.25) is 0 Å². The summed E-state index contributed by atoms with van der Waals surface area (Å²) in [6, 6.07) is -1.11. The maximum atomic E-state index is 12.6. The Kier molecular flexibility index (Phi) is 7.54. The summed E-state index contributed by atoms with van der Waals surface area (Å²) in [6.45, 7) is 11.7. The van der Waals surface area contributed by atoms with Crippen molar-refractivity contribution in [3.8, 4) is 0 Å². The van der Waals surface area contributed by atoms with E-state index in [-0.39, 0.29) is 28.9 Å². The summed E-state index contributed by atoms with van der Waals surface area (Å²) >= 11 is 0. The SMILES string of the molecule is CC(=O)O[C@H]1C[C@@]2(C)[C@H](/C1=C(\C=C/C=C(C)C)C(=O)O)[C@H](N)[C@@H](O)[C@H]1[C@@]3(C)CC[C@@H](O)[C@@H](N)[C@@H]3CC[C@@]12C. The molecule has 4 fully saturated rings. The van der Waals surface area contributed by atoms with Crippen molar-refractivity contribution in [2.75, 3.05) is 0 Å². The van der Waals surface area contributed by atoms with Gasteiger partial charge >= 0.3 is 11.9 Å². The lowest BCUT2D eigenvalue weighted by atomic mass is 9.36. The van der Waals surface area contributed by atoms with E-state index >= 15 is 0 Å². The average molecular weight is 531 g/mol. The van der Waals surface area contributed by atoms with Gasteiger partial charge in [0.1, 0.15) is 6.10 Å². The monoisotopic (exact) mass is 530 g/mol. The molecule has 7 N–H and O–H groups in total. The summed E-state index contributed by atoms with van der Waals surface area (Å²) in [7, 11) is 0. The lowest BCUT2D eigenvalue weighted by Crippen LogP contribution is -2.72. The highest BCUT2D eigenvalue weighted by atomic mass is 16.5. The quantitative estimate of drug-likeness (QED) is 0.211. The minimum absolute atomic E-state index is 0.0496. The highest BCUT2D eigenvalue weighted by Crippen LogP contribution is 2.73. The van der Waals surface area contributed by atoms with E-state index in [1.807, 2.05) is 19.9 Å². The van der Waals surface area contributed by atoms with Crippen LogP contribution >= 0.6 is 0 Å². The molecule has 8 nitrogen and oxygen atoms in total. The topological polar surface area (TPSA) is 156 Å². The molecular weight excluding hydrogens is 484 g/mol. The van der Waals surface area contributed by atoms with Crippen molar-refractivity contribution in [3.63, 3.8) is 0 Å². The Labute approximate surface area is 226 Å². The molecular formula is C30H46N2O6. The minimum Gasteiger partial charge on any atom is -0.478 e. The fourth-order valence-corrected chi connectivity index (χ4v) is 9.28. The van der Waals surface area contributed by atoms with E-state index in [1.54, 1.807) is 12.2 Å². The lowest BCUT2D eigenvalue weighted by Gasteiger charge is -2.69. The van der Waals surface area contributed by atoms with Crippen molar-refractivity contribution in [2.24, 2.45) is 45.5 Å². The summed E-state index contributed by atoms with van der Waals surface area (Å²) in [4.78, 5) is 24.8. The minimum atomic E-state index is -1.11. The molecule has 4 aliphatic carbocycles. The van der Waals surface area contributed by atoms with Crippen LogP contribution in [0.5, 0.6) is 0 Å². The fraction of sp³-hybridized carbons (Fsp3) is 0.733. The van der Waals surface area contributed by atoms with Crippen molar-refractivity contribution in [1.82, 2.24) is 0 Å². The molecule has 0 unspecified atom stereocenters. The first kappa shape index (κ1) is 29.0. The van der Waals surface area contributed by atoms with E-state index in [4.69, 9.17) is 16.2 Å². The molecule has 0 aromatic rings. The number of allylic oxidation sites excluding steroid dienone is 3. The highest BCUT2D eigenvalue weighted by molar-refractivity contribution is 5.91. The number of carbonyl (C=O) groups is 2. The summed E-state index contributed by atoms with van der Waals surface area (Å²) in [5, 5.41) is 32.8. The van der Waals surface area contributed by atoms with Gasteiger partial charge in [0.2, 0.25) is 0 Å². The van der Waals surface area contributed by atoms with Crippen molar-refractivity contribution in [3.05, 3.63) is 34.9 Å². The zero-order valence-electron chi connectivity index (χ0n) is 23.6. The van der Waals surface area contributed by atoms with E-state index in [2.05, 4.69) is 20.8 Å². The second-order valence-electron chi connectivity index (χ2n) is 13.3. The first-order valence-corrected chi connectivity index (χ1v) is 13.9. The average Bonchev–Trinajstić information content (AvgIpc) is 3.10. The number of carboxylic acid groups (broad SMARTS) is 1. The maximum absolute atomic E-state index is 12.6. The molecule has 0 heterocycles. The molecule has 4 aliphatic rings. The zero-order valence-corrected chi connectivity index (χ0v) is 23.6. The van der Waals surface area contributed by atoms with E-state index in [1.165, 1.54) is 6.92 Å². The molecule has 0 amide bonds. The van der Waals surface area contributed by atoms with Gasteiger partial charge in [-0.2, -0.15) is 0 Å². The van der Waals surface area contributed by atoms with Crippen LogP contribution in [0, 0.1) is 34.0 Å². The summed E-state index contributed by atoms with van der Waals surface area (Å²) in [5.74, 6) is -2.24. The third-order valence-corrected chi connectivity index (χ3v) is 11.1. The standard InChI is InChI=1S/C30H46N2O6/c1-15(2)8-7-9-17(27(36)37)21-20(38-16(3)33)14-30(6)22(21)24(32)25(35)26-28(4)12-11-19(34)23(31)18(28)10-13-29(26,30)5/h7-9,18-20,22-26,34-35H,10-14,31-32H2,1-6H3,(H,36,37)/b9-7-,21-17+/t18-,19+,20-,22+,23-,24-,25+,26-,28-,29-,30-/m0/s1. The number of esters is 1. The summed E-state index contributed by atoms with van der Waals surface area (Å²) in [5.41, 5.74) is 13.7. The number of aliphatic hydroxyl groups is 2. The van der Waals surface area contributed by atoms with Gasteiger partial charge < -0.3 is 31.5 Å². The number of hydrogen-bond acceptors (Lipinski definition) is 7. The molecule has 0 aromatic carbocycles. The van der Waals surface area contributed by atoms with Gasteiger partial charge in [-0.15, -0.1) is 0 Å². The van der Waals surface area contributed by atoms with Crippen LogP contribution in [0.4, 0.5) is 0 Å². The van der Waals surface area contributed by atoms with Crippen LogP contribution in [0.25, 0.3) is 0 Å². The Bertz CT molecular complexity index is 1080. The molecule has 8 heteroatoms. The molecule has 11 atom stereocenters. The van der Waals surface area contributed by atoms with Gasteiger partial charge in [-0.1, -0.05) is 38.5 Å². The number of rotatable bonds is 4. The van der Waals surface area contributed by atoms with Crippen LogP contribution in [0.15, 0.2) is 34.9 Å². The molecule has 0 saturated heterocycles. The highest BCUT2D eigenvalue weighted by Gasteiger charge is 2.72. The zero-order chi connectivity index (χ0) is 28.4. The Hall–Kier alpha value is -2.00. The summed E-state index contributed by atoms with van der Waals surface area (Å²) < 4.78 is 5.81. The van der Waals surface area contributed by atoms with E-state index in [0.717, 1.165) is 24.8 Å². The number of fused-ring (bicyclic) bond motifs is 5. The molecule has 0 radical (unpaired) electrons. The predicted octanol–water partition coefficient (Wildman–Crippen LogP) is 3.07. The van der Waals surface area contributed by atoms with Crippen molar-refractivity contribution in [1.29, 1.82) is 0 Å². The van der Waals surface area contributed by atoms with Crippen LogP contribution in [0.3, 0.4) is 0 Å². The Balaban J connectivity index is 1.91. The Morgan fingerprint density at radius 3 is 2.24 bits per heavy atom. The van der Waals surface area contributed by atoms with Crippen LogP contribution in [-0.4, -0.2) is 57.7 Å². The van der Waals surface area contributed by atoms with E-state index in [9.17, 15) is 24.9 Å². The first-order chi connectivity index (χ1) is 17.6. The van der Waals surface area contributed by atoms with Crippen LogP contribution in [0.1, 0.15) is 73.6 Å². The predicted molar refractivity (Wildman–Crippen MR) is 145 cm³/mol. The van der Waals surface area contributed by atoms with Gasteiger partial charge in [0.15, 0.2) is 0 Å². The van der Waals surface area contributed by atoms with Crippen molar-refractivity contribution < 1.29 is 29.6 Å². The molecule has 0 aromatic heterocycles. The van der Waals surface area contributed by atoms with Crippen LogP contribution in [-0.2, 0) is 14.3 Å². The second kappa shape index (κ2) is 9.88. The van der Waals surface area contributed by atoms with Crippen LogP contribution < -0.4 is 11.5 Å². The normalized spacial score (nSPS) is 47.5. The number of hydrogen-bond donors (Lipinski definition) is 5. The molecule has 38 heavy (non-hydrogen) atoms. The van der Waals surface area contributed by atoms with Gasteiger partial charge in [0.25, 0.3) is 0 Å². The van der Waals surface area contributed by atoms with E-state index < -0.39 is 53.0 Å². The molecule has 4 rings (SSSR count). The number of carbonyl (C=O) groups excluding carboxylic acids is 1. The first-order valence-electron chi connectivity index (χ1n) is 13.9. The van der Waals surface area contributed by atoms with Gasteiger partial charge in [-0.3, -0.25) is 4.79 Å². The molecule has 4 saturated carbocycles. The molecule has 0 bridgehead atoms. The third kappa shape index (κ3) is 4.19. The van der Waals surface area contributed by atoms with Gasteiger partial charge in [0, 0.05) is 24.9 Å². The van der Waals surface area contributed by atoms with Gasteiger partial charge in [0.05, 0.1) is 17.8 Å². The maximum Gasteiger partial charge on any atom is 0.335 e. The van der Waals surface area contributed by atoms with Crippen molar-refractivity contribution >= 4 is 11.9 Å². The number of ether oxygens (including phenoxy) is 1. The smallest absolute Gasteiger partial charge is 0.335 e. The largest absolute Gasteiger partial charge is 0.478 e. The number of aliphatic hydroxyl groups excluding tert-OH is 2. The van der Waals surface area contributed by atoms with E-state index in [0.29, 0.717) is 18.4 Å². The number of carboxylic acids is 1. The molecule has 212 valence electrons. The second-order valence-corrected chi connectivity index (χ2v) is 13.3. The number of aliphatic carboxylic acids is 1. The third-order valence-electron chi connectivity index (χ3n) is 11.1.